The van der Waals surface area contributed by atoms with Gasteiger partial charge in [-0.25, -0.2) is 9.97 Å². The van der Waals surface area contributed by atoms with E-state index in [1.807, 2.05) is 13.8 Å². The Morgan fingerprint density at radius 1 is 1.57 bits per heavy atom. The zero-order valence-corrected chi connectivity index (χ0v) is 8.49. The second-order valence-electron chi connectivity index (χ2n) is 3.53. The van der Waals surface area contributed by atoms with Gasteiger partial charge < -0.3 is 16.2 Å². The van der Waals surface area contributed by atoms with Crippen molar-refractivity contribution < 1.29 is 5.11 Å². The van der Waals surface area contributed by atoms with Crippen molar-refractivity contribution in [2.45, 2.75) is 25.8 Å². The third-order valence-corrected chi connectivity index (χ3v) is 2.25. The predicted molar refractivity (Wildman–Crippen MR) is 55.8 cm³/mol. The summed E-state index contributed by atoms with van der Waals surface area (Å²) in [5.41, 5.74) is 5.15. The van der Waals surface area contributed by atoms with Crippen molar-refractivity contribution in [2.75, 3.05) is 17.7 Å². The predicted octanol–water partition coefficient (Wildman–Crippen LogP) is 0.632. The van der Waals surface area contributed by atoms with Crippen LogP contribution < -0.4 is 11.1 Å². The lowest BCUT2D eigenvalue weighted by Gasteiger charge is -2.27. The van der Waals surface area contributed by atoms with Gasteiger partial charge in [0, 0.05) is 6.07 Å². The van der Waals surface area contributed by atoms with Gasteiger partial charge in [-0.1, -0.05) is 6.92 Å². The Bertz CT molecular complexity index is 299. The van der Waals surface area contributed by atoms with Crippen LogP contribution >= 0.6 is 0 Å². The van der Waals surface area contributed by atoms with Crippen molar-refractivity contribution >= 4 is 11.6 Å². The third kappa shape index (κ3) is 2.56. The highest BCUT2D eigenvalue weighted by Crippen LogP contribution is 2.16. The van der Waals surface area contributed by atoms with E-state index in [4.69, 9.17) is 5.73 Å². The minimum absolute atomic E-state index is 0.0490. The Hall–Kier alpha value is -1.36. The molecule has 1 heterocycles. The highest BCUT2D eigenvalue weighted by atomic mass is 16.3. The Balaban J connectivity index is 2.77. The summed E-state index contributed by atoms with van der Waals surface area (Å²) in [7, 11) is 0. The van der Waals surface area contributed by atoms with E-state index < -0.39 is 0 Å². The summed E-state index contributed by atoms with van der Waals surface area (Å²) in [6, 6.07) is 1.64. The molecule has 0 aromatic carbocycles. The molecule has 0 saturated heterocycles. The van der Waals surface area contributed by atoms with E-state index in [0.717, 1.165) is 6.42 Å². The highest BCUT2D eigenvalue weighted by molar-refractivity contribution is 5.45. The molecule has 5 nitrogen and oxygen atoms in total. The molecule has 0 saturated carbocycles. The maximum absolute atomic E-state index is 9.18. The van der Waals surface area contributed by atoms with Gasteiger partial charge in [-0.05, 0) is 13.3 Å². The number of hydrogen-bond donors (Lipinski definition) is 3. The molecule has 1 aromatic heterocycles. The molecular weight excluding hydrogens is 180 g/mol. The molecule has 0 aliphatic rings. The summed E-state index contributed by atoms with van der Waals surface area (Å²) in [5.74, 6) is 1.05. The van der Waals surface area contributed by atoms with Crippen molar-refractivity contribution in [2.24, 2.45) is 0 Å². The molecule has 1 aromatic rings. The largest absolute Gasteiger partial charge is 0.394 e. The molecule has 14 heavy (non-hydrogen) atoms. The number of nitrogens with zero attached hydrogens (tertiary/aromatic N) is 2. The molecule has 0 fully saturated rings. The first-order valence-corrected chi connectivity index (χ1v) is 4.56. The van der Waals surface area contributed by atoms with Gasteiger partial charge in [0.2, 0.25) is 0 Å². The maximum atomic E-state index is 9.18. The fraction of sp³-hybridized carbons (Fsp3) is 0.556. The van der Waals surface area contributed by atoms with E-state index in [1.54, 1.807) is 6.07 Å². The summed E-state index contributed by atoms with van der Waals surface area (Å²) >= 11 is 0. The fourth-order valence-corrected chi connectivity index (χ4v) is 0.990. The number of nitrogen functional groups attached to an aromatic ring is 1. The summed E-state index contributed by atoms with van der Waals surface area (Å²) in [6.45, 7) is 3.96. The quantitative estimate of drug-likeness (QED) is 0.657. The van der Waals surface area contributed by atoms with Crippen LogP contribution in [0.2, 0.25) is 0 Å². The molecule has 1 rings (SSSR count). The van der Waals surface area contributed by atoms with E-state index in [-0.39, 0.29) is 12.1 Å². The zero-order valence-electron chi connectivity index (χ0n) is 8.49. The van der Waals surface area contributed by atoms with Crippen molar-refractivity contribution in [1.29, 1.82) is 0 Å². The van der Waals surface area contributed by atoms with Crippen LogP contribution in [0.3, 0.4) is 0 Å². The molecule has 0 bridgehead atoms. The van der Waals surface area contributed by atoms with E-state index in [9.17, 15) is 5.11 Å². The monoisotopic (exact) mass is 196 g/mol. The van der Waals surface area contributed by atoms with Crippen LogP contribution in [0.1, 0.15) is 20.3 Å². The number of hydrogen-bond acceptors (Lipinski definition) is 5. The van der Waals surface area contributed by atoms with Gasteiger partial charge >= 0.3 is 0 Å². The van der Waals surface area contributed by atoms with Gasteiger partial charge in [-0.2, -0.15) is 0 Å². The number of aliphatic hydroxyl groups excluding tert-OH is 1. The van der Waals surface area contributed by atoms with Gasteiger partial charge in [-0.3, -0.25) is 0 Å². The lowest BCUT2D eigenvalue weighted by atomic mass is 10.0. The molecule has 0 aliphatic carbocycles. The summed E-state index contributed by atoms with van der Waals surface area (Å²) in [6.07, 6.45) is 2.19. The number of nitrogens with one attached hydrogen (secondary N) is 1. The average Bonchev–Trinajstić information content (AvgIpc) is 2.18. The van der Waals surface area contributed by atoms with Crippen LogP contribution in [0, 0.1) is 0 Å². The molecule has 0 amide bonds. The molecule has 1 atom stereocenters. The van der Waals surface area contributed by atoms with Gasteiger partial charge in [0.1, 0.15) is 18.0 Å². The van der Waals surface area contributed by atoms with Crippen LogP contribution in [0.25, 0.3) is 0 Å². The second-order valence-corrected chi connectivity index (χ2v) is 3.53. The zero-order chi connectivity index (χ0) is 10.6. The summed E-state index contributed by atoms with van der Waals surface area (Å²) in [5, 5.41) is 12.3. The number of rotatable bonds is 4. The first-order chi connectivity index (χ1) is 6.59. The fourth-order valence-electron chi connectivity index (χ4n) is 0.990. The second kappa shape index (κ2) is 4.23. The van der Waals surface area contributed by atoms with Crippen LogP contribution in [-0.2, 0) is 0 Å². The van der Waals surface area contributed by atoms with Crippen molar-refractivity contribution in [1.82, 2.24) is 9.97 Å². The van der Waals surface area contributed by atoms with Gasteiger partial charge in [-0.15, -0.1) is 0 Å². The molecule has 5 heteroatoms. The van der Waals surface area contributed by atoms with Gasteiger partial charge in [0.25, 0.3) is 0 Å². The van der Waals surface area contributed by atoms with Crippen LogP contribution in [-0.4, -0.2) is 27.2 Å². The Morgan fingerprint density at radius 3 is 2.79 bits per heavy atom. The van der Waals surface area contributed by atoms with E-state index in [0.29, 0.717) is 11.6 Å². The SMILES string of the molecule is CCC(C)(CO)Nc1cc(N)ncn1. The number of nitrogens with two attached hydrogens (primary N) is 1. The Labute approximate surface area is 83.4 Å². The smallest absolute Gasteiger partial charge is 0.131 e. The number of anilines is 2. The van der Waals surface area contributed by atoms with Crippen molar-refractivity contribution in [3.8, 4) is 0 Å². The van der Waals surface area contributed by atoms with Crippen LogP contribution in [0.5, 0.6) is 0 Å². The van der Waals surface area contributed by atoms with Gasteiger partial charge in [0.15, 0.2) is 0 Å². The lowest BCUT2D eigenvalue weighted by molar-refractivity contribution is 0.218. The molecular formula is C9H16N4O. The molecule has 1 unspecified atom stereocenters. The average molecular weight is 196 g/mol. The Morgan fingerprint density at radius 2 is 2.29 bits per heavy atom. The summed E-state index contributed by atoms with van der Waals surface area (Å²) in [4.78, 5) is 7.79. The maximum Gasteiger partial charge on any atom is 0.131 e. The first-order valence-electron chi connectivity index (χ1n) is 4.56. The Kier molecular flexibility index (Phi) is 3.24. The highest BCUT2D eigenvalue weighted by Gasteiger charge is 2.20. The minimum Gasteiger partial charge on any atom is -0.394 e. The molecule has 78 valence electrons. The first kappa shape index (κ1) is 10.7. The third-order valence-electron chi connectivity index (χ3n) is 2.25. The van der Waals surface area contributed by atoms with E-state index >= 15 is 0 Å². The molecule has 0 radical (unpaired) electrons. The number of aliphatic hydroxyl groups is 1. The number of aromatic nitrogens is 2. The van der Waals surface area contributed by atoms with Crippen LogP contribution in [0.4, 0.5) is 11.6 Å². The normalized spacial score (nSPS) is 14.8. The van der Waals surface area contributed by atoms with E-state index in [1.165, 1.54) is 6.33 Å². The summed E-state index contributed by atoms with van der Waals surface area (Å²) < 4.78 is 0. The molecule has 0 spiro atoms. The van der Waals surface area contributed by atoms with E-state index in [2.05, 4.69) is 15.3 Å². The topological polar surface area (TPSA) is 84.1 Å². The standard InChI is InChI=1S/C9H16N4O/c1-3-9(2,5-14)13-8-4-7(10)11-6-12-8/h4,6,14H,3,5H2,1-2H3,(H3,10,11,12,13). The van der Waals surface area contributed by atoms with Crippen molar-refractivity contribution in [3.63, 3.8) is 0 Å². The molecule has 4 N–H and O–H groups in total. The minimum atomic E-state index is -0.360. The van der Waals surface area contributed by atoms with Gasteiger partial charge in [0.05, 0.1) is 12.1 Å². The van der Waals surface area contributed by atoms with Crippen molar-refractivity contribution in [3.05, 3.63) is 12.4 Å². The lowest BCUT2D eigenvalue weighted by Crippen LogP contribution is -2.38. The molecule has 0 aliphatic heterocycles. The van der Waals surface area contributed by atoms with Crippen LogP contribution in [0.15, 0.2) is 12.4 Å².